The summed E-state index contributed by atoms with van der Waals surface area (Å²) in [5, 5.41) is 0. The monoisotopic (exact) mass is 486 g/mol. The Hall–Kier alpha value is -2.84. The van der Waals surface area contributed by atoms with E-state index in [0.717, 1.165) is 0 Å². The van der Waals surface area contributed by atoms with Crippen LogP contribution in [0.25, 0.3) is 0 Å². The molecule has 3 aromatic carbocycles. The minimum Gasteiger partial charge on any atom is -0.291 e. The van der Waals surface area contributed by atoms with E-state index in [1.165, 1.54) is 54.6 Å². The lowest BCUT2D eigenvalue weighted by molar-refractivity contribution is 0.0648. The van der Waals surface area contributed by atoms with Gasteiger partial charge in [0.05, 0.1) is 9.79 Å². The number of carbonyl (C=O) groups is 1. The third kappa shape index (κ3) is 4.37. The van der Waals surface area contributed by atoms with Gasteiger partial charge in [-0.05, 0) is 49.1 Å². The van der Waals surface area contributed by atoms with Crippen molar-refractivity contribution in [2.45, 2.75) is 45.7 Å². The number of halogens is 1. The molecule has 0 heterocycles. The summed E-state index contributed by atoms with van der Waals surface area (Å²) in [4.78, 5) is 12.8. The number of carbonyl (C=O) groups excluding carboxylic acids is 1. The van der Waals surface area contributed by atoms with Crippen molar-refractivity contribution in [3.8, 4) is 0 Å². The van der Waals surface area contributed by atoms with Gasteiger partial charge in [0, 0.05) is 12.0 Å². The Labute approximate surface area is 193 Å². The summed E-state index contributed by atoms with van der Waals surface area (Å²) in [5.41, 5.74) is -1.79. The summed E-state index contributed by atoms with van der Waals surface area (Å²) in [6.07, 6.45) is -0.488. The normalized spacial score (nSPS) is 19.2. The van der Waals surface area contributed by atoms with E-state index in [1.807, 2.05) is 0 Å². The van der Waals surface area contributed by atoms with Crippen molar-refractivity contribution in [3.05, 3.63) is 96.1 Å². The molecule has 33 heavy (non-hydrogen) atoms. The first-order valence-electron chi connectivity index (χ1n) is 10.6. The van der Waals surface area contributed by atoms with Crippen molar-refractivity contribution in [1.82, 2.24) is 0 Å². The predicted octanol–water partition coefficient (Wildman–Crippen LogP) is 4.58. The first-order valence-corrected chi connectivity index (χ1v) is 13.6. The molecular weight excluding hydrogens is 463 g/mol. The third-order valence-electron chi connectivity index (χ3n) is 6.01. The summed E-state index contributed by atoms with van der Waals surface area (Å²) < 4.78 is 68.4. The van der Waals surface area contributed by atoms with Crippen LogP contribution in [0.15, 0.2) is 94.7 Å². The molecule has 0 aromatic heterocycles. The Morgan fingerprint density at radius 1 is 0.758 bits per heavy atom. The highest BCUT2D eigenvalue weighted by Crippen LogP contribution is 2.39. The van der Waals surface area contributed by atoms with Gasteiger partial charge in [0.2, 0.25) is 0 Å². The van der Waals surface area contributed by atoms with E-state index < -0.39 is 42.1 Å². The zero-order valence-electron chi connectivity index (χ0n) is 17.7. The summed E-state index contributed by atoms with van der Waals surface area (Å²) in [7, 11) is -9.07. The summed E-state index contributed by atoms with van der Waals surface area (Å²) >= 11 is 0. The number of aryl methyl sites for hydroxylation is 1. The van der Waals surface area contributed by atoms with Crippen LogP contribution in [0.4, 0.5) is 4.39 Å². The van der Waals surface area contributed by atoms with Gasteiger partial charge in [0.15, 0.2) is 35.7 Å². The van der Waals surface area contributed by atoms with Gasteiger partial charge in [-0.2, -0.15) is 0 Å². The highest BCUT2D eigenvalue weighted by molar-refractivity contribution is 8.09. The summed E-state index contributed by atoms with van der Waals surface area (Å²) in [6.45, 7) is 0. The Kier molecular flexibility index (Phi) is 6.24. The standard InChI is InChI=1S/C25H23FO5S2/c26-25(17-9-11-19-10-7-8-16-22(19)24(25)27)18-23(32(28,29)20-12-3-1-4-13-20)33(30,31)21-14-5-2-6-15-21/h1-8,10,12-16,23H,9,11,17-18H2/t25-/m0/s1. The molecule has 0 spiro atoms. The van der Waals surface area contributed by atoms with Crippen LogP contribution >= 0.6 is 0 Å². The van der Waals surface area contributed by atoms with Crippen LogP contribution in [0, 0.1) is 0 Å². The van der Waals surface area contributed by atoms with E-state index >= 15 is 4.39 Å². The predicted molar refractivity (Wildman–Crippen MR) is 123 cm³/mol. The lowest BCUT2D eigenvalue weighted by Gasteiger charge is -2.28. The van der Waals surface area contributed by atoms with E-state index in [1.54, 1.807) is 30.3 Å². The molecule has 0 N–H and O–H groups in total. The number of fused-ring (bicyclic) bond motifs is 1. The number of hydrogen-bond donors (Lipinski definition) is 0. The van der Waals surface area contributed by atoms with Crippen molar-refractivity contribution in [2.75, 3.05) is 0 Å². The Morgan fingerprint density at radius 3 is 1.79 bits per heavy atom. The van der Waals surface area contributed by atoms with Gasteiger partial charge in [0.1, 0.15) is 0 Å². The molecule has 8 heteroatoms. The highest BCUT2D eigenvalue weighted by atomic mass is 32.3. The van der Waals surface area contributed by atoms with Gasteiger partial charge < -0.3 is 0 Å². The molecule has 0 radical (unpaired) electrons. The summed E-state index contributed by atoms with van der Waals surface area (Å²) in [5.74, 6) is -0.868. The molecule has 3 aromatic rings. The molecule has 0 saturated carbocycles. The Bertz CT molecular complexity index is 1300. The quantitative estimate of drug-likeness (QED) is 0.476. The van der Waals surface area contributed by atoms with E-state index in [0.29, 0.717) is 18.4 Å². The van der Waals surface area contributed by atoms with E-state index in [4.69, 9.17) is 0 Å². The summed E-state index contributed by atoms with van der Waals surface area (Å²) in [6, 6.07) is 20.8. The average molecular weight is 487 g/mol. The van der Waals surface area contributed by atoms with Gasteiger partial charge in [-0.15, -0.1) is 0 Å². The molecular formula is C25H23FO5S2. The third-order valence-corrected chi connectivity index (χ3v) is 11.1. The van der Waals surface area contributed by atoms with Crippen molar-refractivity contribution in [1.29, 1.82) is 0 Å². The lowest BCUT2D eigenvalue weighted by Crippen LogP contribution is -2.43. The molecule has 1 atom stereocenters. The Morgan fingerprint density at radius 2 is 1.24 bits per heavy atom. The highest BCUT2D eigenvalue weighted by Gasteiger charge is 2.50. The fourth-order valence-electron chi connectivity index (χ4n) is 4.24. The Balaban J connectivity index is 1.85. The first kappa shape index (κ1) is 23.3. The molecule has 0 unspecified atom stereocenters. The molecule has 4 rings (SSSR count). The fourth-order valence-corrected chi connectivity index (χ4v) is 8.89. The minimum atomic E-state index is -4.54. The number of alkyl halides is 1. The largest absolute Gasteiger partial charge is 0.291 e. The van der Waals surface area contributed by atoms with Gasteiger partial charge in [-0.1, -0.05) is 60.7 Å². The van der Waals surface area contributed by atoms with Crippen LogP contribution in [-0.2, 0) is 26.1 Å². The zero-order valence-corrected chi connectivity index (χ0v) is 19.4. The van der Waals surface area contributed by atoms with Crippen molar-refractivity contribution in [2.24, 2.45) is 0 Å². The zero-order chi connectivity index (χ0) is 23.7. The van der Waals surface area contributed by atoms with Gasteiger partial charge in [0.25, 0.3) is 0 Å². The van der Waals surface area contributed by atoms with Gasteiger partial charge >= 0.3 is 0 Å². The SMILES string of the molecule is O=C1c2ccccc2CCC[C@]1(F)CC(S(=O)(=O)c1ccccc1)S(=O)(=O)c1ccccc1. The topological polar surface area (TPSA) is 85.3 Å². The molecule has 172 valence electrons. The van der Waals surface area contributed by atoms with Crippen LogP contribution in [-0.4, -0.2) is 32.9 Å². The second kappa shape index (κ2) is 8.83. The molecule has 1 aliphatic rings. The van der Waals surface area contributed by atoms with Crippen molar-refractivity contribution < 1.29 is 26.0 Å². The maximum atomic E-state index is 16.4. The van der Waals surface area contributed by atoms with Crippen LogP contribution in [0.5, 0.6) is 0 Å². The first-order chi connectivity index (χ1) is 15.7. The number of ketones is 1. The molecule has 0 aliphatic heterocycles. The molecule has 0 saturated heterocycles. The molecule has 5 nitrogen and oxygen atoms in total. The van der Waals surface area contributed by atoms with E-state index in [2.05, 4.69) is 0 Å². The van der Waals surface area contributed by atoms with E-state index in [9.17, 15) is 21.6 Å². The van der Waals surface area contributed by atoms with Crippen LogP contribution in [0.1, 0.15) is 35.2 Å². The second-order valence-corrected chi connectivity index (χ2v) is 12.7. The maximum Gasteiger partial charge on any atom is 0.200 e. The van der Waals surface area contributed by atoms with Crippen molar-refractivity contribution >= 4 is 25.5 Å². The number of hydrogen-bond acceptors (Lipinski definition) is 5. The smallest absolute Gasteiger partial charge is 0.200 e. The van der Waals surface area contributed by atoms with Crippen LogP contribution in [0.3, 0.4) is 0 Å². The van der Waals surface area contributed by atoms with Gasteiger partial charge in [-0.25, -0.2) is 21.2 Å². The van der Waals surface area contributed by atoms with Gasteiger partial charge in [-0.3, -0.25) is 4.79 Å². The number of sulfone groups is 2. The molecule has 0 bridgehead atoms. The lowest BCUT2D eigenvalue weighted by atomic mass is 9.90. The molecule has 1 aliphatic carbocycles. The minimum absolute atomic E-state index is 0.172. The number of Topliss-reactive ketones (excluding diaryl/α,β-unsaturated/α-hetero) is 1. The van der Waals surface area contributed by atoms with Crippen LogP contribution in [0.2, 0.25) is 0 Å². The number of benzene rings is 3. The average Bonchev–Trinajstić information content (AvgIpc) is 2.95. The number of rotatable bonds is 6. The second-order valence-electron chi connectivity index (χ2n) is 8.15. The fraction of sp³-hybridized carbons (Fsp3) is 0.240. The maximum absolute atomic E-state index is 16.4. The molecule has 0 amide bonds. The van der Waals surface area contributed by atoms with Crippen LogP contribution < -0.4 is 0 Å². The van der Waals surface area contributed by atoms with E-state index in [-0.39, 0.29) is 21.8 Å². The molecule has 0 fully saturated rings. The van der Waals surface area contributed by atoms with Crippen molar-refractivity contribution in [3.63, 3.8) is 0 Å².